The van der Waals surface area contributed by atoms with Crippen LogP contribution in [0.4, 0.5) is 0 Å². The summed E-state index contributed by atoms with van der Waals surface area (Å²) >= 11 is 3.50. The first-order chi connectivity index (χ1) is 12.5. The molecule has 0 N–H and O–H groups in total. The first-order valence-corrected chi connectivity index (χ1v) is 9.11. The number of fused-ring (bicyclic) bond motifs is 1. The van der Waals surface area contributed by atoms with Crippen molar-refractivity contribution in [3.63, 3.8) is 0 Å². The summed E-state index contributed by atoms with van der Waals surface area (Å²) in [5.74, 6) is 1.23. The van der Waals surface area contributed by atoms with Crippen LogP contribution in [0.3, 0.4) is 0 Å². The number of allylic oxidation sites excluding steroid dienone is 1. The van der Waals surface area contributed by atoms with Gasteiger partial charge in [0.25, 0.3) is 0 Å². The van der Waals surface area contributed by atoms with Crippen LogP contribution in [0.1, 0.15) is 23.0 Å². The maximum absolute atomic E-state index is 12.6. The molecule has 0 radical (unpaired) electrons. The third kappa shape index (κ3) is 3.53. The Morgan fingerprint density at radius 3 is 2.69 bits per heavy atom. The number of carbonyl (C=O) groups is 1. The first-order valence-electron chi connectivity index (χ1n) is 8.32. The quantitative estimate of drug-likeness (QED) is 0.409. The Morgan fingerprint density at radius 1 is 1.23 bits per heavy atom. The van der Waals surface area contributed by atoms with Gasteiger partial charge in [0.1, 0.15) is 0 Å². The Hall–Kier alpha value is -2.53. The zero-order valence-electron chi connectivity index (χ0n) is 15.0. The monoisotopic (exact) mass is 413 g/mol. The number of halogens is 1. The third-order valence-corrected chi connectivity index (χ3v) is 4.76. The number of benzene rings is 2. The molecule has 4 nitrogen and oxygen atoms in total. The van der Waals surface area contributed by atoms with Gasteiger partial charge in [0.15, 0.2) is 11.5 Å². The summed E-state index contributed by atoms with van der Waals surface area (Å²) in [7, 11) is 3.50. The number of methoxy groups -OCH3 is 1. The molecule has 5 heteroatoms. The van der Waals surface area contributed by atoms with Crippen molar-refractivity contribution in [2.24, 2.45) is 7.05 Å². The summed E-state index contributed by atoms with van der Waals surface area (Å²) in [4.78, 5) is 12.6. The van der Waals surface area contributed by atoms with Crippen molar-refractivity contribution < 1.29 is 14.3 Å². The SMILES string of the molecule is CCOc1c(Br)cc(/C=C/C(=O)c2cc3ccccc3n2C)cc1OC. The molecule has 1 heterocycles. The molecule has 1 aromatic heterocycles. The highest BCUT2D eigenvalue weighted by Crippen LogP contribution is 2.37. The lowest BCUT2D eigenvalue weighted by atomic mass is 10.1. The molecule has 0 amide bonds. The zero-order valence-corrected chi connectivity index (χ0v) is 16.5. The van der Waals surface area contributed by atoms with Crippen molar-refractivity contribution in [2.45, 2.75) is 6.92 Å². The lowest BCUT2D eigenvalue weighted by molar-refractivity contribution is 0.104. The molecule has 0 atom stereocenters. The first kappa shape index (κ1) is 18.3. The summed E-state index contributed by atoms with van der Waals surface area (Å²) in [5.41, 5.74) is 2.54. The third-order valence-electron chi connectivity index (χ3n) is 4.17. The number of rotatable bonds is 6. The Kier molecular flexibility index (Phi) is 5.47. The molecule has 2 aromatic carbocycles. The summed E-state index contributed by atoms with van der Waals surface area (Å²) in [5, 5.41) is 1.05. The maximum Gasteiger partial charge on any atom is 0.202 e. The van der Waals surface area contributed by atoms with E-state index in [9.17, 15) is 4.79 Å². The number of aryl methyl sites for hydroxylation is 1. The van der Waals surface area contributed by atoms with Gasteiger partial charge in [-0.2, -0.15) is 0 Å². The highest BCUT2D eigenvalue weighted by Gasteiger charge is 2.12. The minimum atomic E-state index is -0.0484. The van der Waals surface area contributed by atoms with Gasteiger partial charge in [-0.15, -0.1) is 0 Å². The van der Waals surface area contributed by atoms with Crippen LogP contribution >= 0.6 is 15.9 Å². The van der Waals surface area contributed by atoms with Crippen LogP contribution in [0.15, 0.2) is 53.0 Å². The standard InChI is InChI=1S/C21H20BrNO3/c1-4-26-21-16(22)11-14(12-20(21)25-3)9-10-19(24)18-13-15-7-5-6-8-17(15)23(18)2/h5-13H,4H2,1-3H3/b10-9+. The molecule has 0 aliphatic heterocycles. The van der Waals surface area contributed by atoms with Gasteiger partial charge in [-0.05, 0) is 58.8 Å². The minimum Gasteiger partial charge on any atom is -0.493 e. The van der Waals surface area contributed by atoms with Crippen LogP contribution in [0.5, 0.6) is 11.5 Å². The number of nitrogens with zero attached hydrogens (tertiary/aromatic N) is 1. The van der Waals surface area contributed by atoms with Crippen LogP contribution in [-0.4, -0.2) is 24.1 Å². The Labute approximate surface area is 161 Å². The molecular weight excluding hydrogens is 394 g/mol. The molecular formula is C21H20BrNO3. The smallest absolute Gasteiger partial charge is 0.202 e. The predicted molar refractivity (Wildman–Crippen MR) is 108 cm³/mol. The number of hydrogen-bond acceptors (Lipinski definition) is 3. The molecule has 0 bridgehead atoms. The normalized spacial score (nSPS) is 11.2. The average Bonchev–Trinajstić information content (AvgIpc) is 2.99. The van der Waals surface area contributed by atoms with Gasteiger partial charge in [-0.1, -0.05) is 24.3 Å². The topological polar surface area (TPSA) is 40.5 Å². The zero-order chi connectivity index (χ0) is 18.7. The van der Waals surface area contributed by atoms with E-state index in [0.29, 0.717) is 23.8 Å². The summed E-state index contributed by atoms with van der Waals surface area (Å²) in [6.07, 6.45) is 3.36. The van der Waals surface area contributed by atoms with Crippen LogP contribution in [0.2, 0.25) is 0 Å². The van der Waals surface area contributed by atoms with Crippen LogP contribution in [-0.2, 0) is 7.05 Å². The lowest BCUT2D eigenvalue weighted by Gasteiger charge is -2.12. The van der Waals surface area contributed by atoms with Crippen LogP contribution < -0.4 is 9.47 Å². The minimum absolute atomic E-state index is 0.0484. The van der Waals surface area contributed by atoms with E-state index in [1.165, 1.54) is 0 Å². The van der Waals surface area contributed by atoms with E-state index in [-0.39, 0.29) is 5.78 Å². The number of ketones is 1. The lowest BCUT2D eigenvalue weighted by Crippen LogP contribution is -2.02. The fraction of sp³-hybridized carbons (Fsp3) is 0.190. The van der Waals surface area contributed by atoms with Crippen molar-refractivity contribution in [3.8, 4) is 11.5 Å². The van der Waals surface area contributed by atoms with E-state index >= 15 is 0 Å². The average molecular weight is 414 g/mol. The van der Waals surface area contributed by atoms with E-state index in [2.05, 4.69) is 15.9 Å². The van der Waals surface area contributed by atoms with Crippen molar-refractivity contribution in [2.75, 3.05) is 13.7 Å². The Bertz CT molecular complexity index is 988. The molecule has 0 aliphatic carbocycles. The number of carbonyl (C=O) groups excluding carboxylic acids is 1. The van der Waals surface area contributed by atoms with E-state index in [1.54, 1.807) is 19.3 Å². The van der Waals surface area contributed by atoms with Crippen LogP contribution in [0, 0.1) is 0 Å². The van der Waals surface area contributed by atoms with Gasteiger partial charge < -0.3 is 14.0 Å². The molecule has 0 fully saturated rings. The van der Waals surface area contributed by atoms with Gasteiger partial charge in [-0.25, -0.2) is 0 Å². The summed E-state index contributed by atoms with van der Waals surface area (Å²) in [6, 6.07) is 13.6. The van der Waals surface area contributed by atoms with Crippen molar-refractivity contribution in [1.29, 1.82) is 0 Å². The second-order valence-corrected chi connectivity index (χ2v) is 6.67. The van der Waals surface area contributed by atoms with Crippen molar-refractivity contribution in [3.05, 3.63) is 64.3 Å². The molecule has 0 unspecified atom stereocenters. The van der Waals surface area contributed by atoms with E-state index < -0.39 is 0 Å². The molecule has 26 heavy (non-hydrogen) atoms. The fourth-order valence-corrected chi connectivity index (χ4v) is 3.48. The Morgan fingerprint density at radius 2 is 2.00 bits per heavy atom. The Balaban J connectivity index is 1.90. The van der Waals surface area contributed by atoms with E-state index in [1.807, 2.05) is 61.0 Å². The number of ether oxygens (including phenoxy) is 2. The van der Waals surface area contributed by atoms with Crippen molar-refractivity contribution >= 4 is 38.7 Å². The van der Waals surface area contributed by atoms with E-state index in [4.69, 9.17) is 9.47 Å². The van der Waals surface area contributed by atoms with E-state index in [0.717, 1.165) is 20.9 Å². The van der Waals surface area contributed by atoms with Gasteiger partial charge in [0, 0.05) is 18.0 Å². The molecule has 3 rings (SSSR count). The second-order valence-electron chi connectivity index (χ2n) is 5.81. The number of hydrogen-bond donors (Lipinski definition) is 0. The highest BCUT2D eigenvalue weighted by atomic mass is 79.9. The van der Waals surface area contributed by atoms with Gasteiger partial charge in [0.05, 0.1) is 23.9 Å². The molecule has 134 valence electrons. The molecule has 0 saturated carbocycles. The fourth-order valence-electron chi connectivity index (χ4n) is 2.90. The second kappa shape index (κ2) is 7.79. The highest BCUT2D eigenvalue weighted by molar-refractivity contribution is 9.10. The molecule has 0 saturated heterocycles. The number of para-hydroxylation sites is 1. The van der Waals surface area contributed by atoms with Gasteiger partial charge >= 0.3 is 0 Å². The van der Waals surface area contributed by atoms with Crippen LogP contribution in [0.25, 0.3) is 17.0 Å². The van der Waals surface area contributed by atoms with Gasteiger partial charge in [0.2, 0.25) is 5.78 Å². The predicted octanol–water partition coefficient (Wildman–Crippen LogP) is 5.24. The molecule has 0 aliphatic rings. The summed E-state index contributed by atoms with van der Waals surface area (Å²) in [6.45, 7) is 2.46. The summed E-state index contributed by atoms with van der Waals surface area (Å²) < 4.78 is 13.7. The largest absolute Gasteiger partial charge is 0.493 e. The molecule has 3 aromatic rings. The number of aromatic nitrogens is 1. The maximum atomic E-state index is 12.6. The van der Waals surface area contributed by atoms with Crippen molar-refractivity contribution in [1.82, 2.24) is 4.57 Å². The van der Waals surface area contributed by atoms with Gasteiger partial charge in [-0.3, -0.25) is 4.79 Å². The molecule has 0 spiro atoms.